The van der Waals surface area contributed by atoms with E-state index in [0.717, 1.165) is 32.1 Å². The van der Waals surface area contributed by atoms with Crippen molar-refractivity contribution >= 4 is 13.8 Å². The van der Waals surface area contributed by atoms with Gasteiger partial charge < -0.3 is 24.6 Å². The van der Waals surface area contributed by atoms with Crippen LogP contribution in [0.25, 0.3) is 0 Å². The summed E-state index contributed by atoms with van der Waals surface area (Å²) in [7, 11) is -4.52. The summed E-state index contributed by atoms with van der Waals surface area (Å²) in [6.07, 6.45) is 56.6. The highest BCUT2D eigenvalue weighted by Crippen LogP contribution is 2.43. The lowest BCUT2D eigenvalue weighted by molar-refractivity contribution is -0.154. The number of carbonyl (C=O) groups excluding carboxylic acids is 1. The van der Waals surface area contributed by atoms with Gasteiger partial charge >= 0.3 is 13.8 Å². The Balaban J connectivity index is 3.95. The van der Waals surface area contributed by atoms with Gasteiger partial charge in [0.1, 0.15) is 12.2 Å². The molecule has 3 unspecified atom stereocenters. The number of hydrogen-bond acceptors (Lipinski definition) is 8. The molecule has 0 aromatic carbocycles. The number of phosphoric acid groups is 1. The van der Waals surface area contributed by atoms with Gasteiger partial charge in [0.25, 0.3) is 0 Å². The minimum Gasteiger partial charge on any atom is -0.457 e. The molecule has 0 spiro atoms. The van der Waals surface area contributed by atoms with E-state index in [0.29, 0.717) is 6.61 Å². The van der Waals surface area contributed by atoms with Gasteiger partial charge in [-0.1, -0.05) is 284 Å². The molecule has 0 heterocycles. The lowest BCUT2D eigenvalue weighted by Crippen LogP contribution is -2.29. The molecule has 0 radical (unpaired) electrons. The van der Waals surface area contributed by atoms with Gasteiger partial charge in [0, 0.05) is 13.0 Å². The molecule has 0 aliphatic rings. The Morgan fingerprint density at radius 3 is 1.00 bits per heavy atom. The predicted octanol–water partition coefficient (Wildman–Crippen LogP) is 17.0. The van der Waals surface area contributed by atoms with Gasteiger partial charge in [-0.15, -0.1) is 0 Å². The first-order valence-electron chi connectivity index (χ1n) is 28.5. The summed E-state index contributed by atoms with van der Waals surface area (Å²) in [6.45, 7) is 3.62. The Morgan fingerprint density at radius 1 is 0.415 bits per heavy atom. The maximum Gasteiger partial charge on any atom is 0.472 e. The third kappa shape index (κ3) is 52.7. The second-order valence-corrected chi connectivity index (χ2v) is 21.1. The van der Waals surface area contributed by atoms with Crippen molar-refractivity contribution in [3.63, 3.8) is 0 Å². The molecule has 0 bridgehead atoms. The van der Waals surface area contributed by atoms with Crippen molar-refractivity contribution in [2.75, 3.05) is 33.0 Å². The number of aliphatic hydroxyl groups excluding tert-OH is 2. The molecular weight excluding hydrogens is 836 g/mol. The number of unbranched alkanes of at least 4 members (excludes halogenated alkanes) is 42. The molecule has 3 N–H and O–H groups in total. The second kappa shape index (κ2) is 52.8. The number of phosphoric ester groups is 1. The van der Waals surface area contributed by atoms with E-state index in [4.69, 9.17) is 23.6 Å². The molecule has 0 aliphatic heterocycles. The molecule has 390 valence electrons. The molecule has 0 amide bonds. The SMILES string of the molecule is CCCCCCCCCCCCCCCCCCCCCCCCCOCC(COP(=O)(O)OCC(O)CO)OC(=O)CCCCCCCCCCCCCCCCCCCCCCC. The first-order chi connectivity index (χ1) is 31.8. The molecule has 0 saturated heterocycles. The molecule has 0 aromatic heterocycles. The van der Waals surface area contributed by atoms with E-state index in [-0.39, 0.29) is 25.6 Å². The minimum atomic E-state index is -4.52. The van der Waals surface area contributed by atoms with E-state index in [1.165, 1.54) is 250 Å². The fraction of sp³-hybridized carbons (Fsp3) is 0.982. The quantitative estimate of drug-likeness (QED) is 0.0310. The van der Waals surface area contributed by atoms with Gasteiger partial charge in [-0.25, -0.2) is 4.57 Å². The van der Waals surface area contributed by atoms with Crippen LogP contribution in [0.3, 0.4) is 0 Å². The zero-order chi connectivity index (χ0) is 47.4. The second-order valence-electron chi connectivity index (χ2n) is 19.7. The highest BCUT2D eigenvalue weighted by atomic mass is 31.2. The molecular formula is C55H111O9P. The molecule has 65 heavy (non-hydrogen) atoms. The maximum absolute atomic E-state index is 12.7. The largest absolute Gasteiger partial charge is 0.472 e. The highest BCUT2D eigenvalue weighted by molar-refractivity contribution is 7.47. The highest BCUT2D eigenvalue weighted by Gasteiger charge is 2.26. The fourth-order valence-corrected chi connectivity index (χ4v) is 9.50. The van der Waals surface area contributed by atoms with Crippen LogP contribution in [0.5, 0.6) is 0 Å². The molecule has 0 aromatic rings. The third-order valence-corrected chi connectivity index (χ3v) is 14.0. The smallest absolute Gasteiger partial charge is 0.457 e. The number of rotatable bonds is 56. The summed E-state index contributed by atoms with van der Waals surface area (Å²) < 4.78 is 33.6. The topological polar surface area (TPSA) is 132 Å². The summed E-state index contributed by atoms with van der Waals surface area (Å²) >= 11 is 0. The third-order valence-electron chi connectivity index (χ3n) is 13.0. The number of ether oxygens (including phenoxy) is 2. The molecule has 0 fully saturated rings. The summed E-state index contributed by atoms with van der Waals surface area (Å²) in [5.74, 6) is -0.371. The van der Waals surface area contributed by atoms with Gasteiger partial charge in [0.2, 0.25) is 0 Å². The normalized spacial score (nSPS) is 13.6. The van der Waals surface area contributed by atoms with Crippen LogP contribution in [0, 0.1) is 0 Å². The monoisotopic (exact) mass is 947 g/mol. The van der Waals surface area contributed by atoms with Crippen LogP contribution in [-0.2, 0) is 27.9 Å². The number of carbonyl (C=O) groups is 1. The maximum atomic E-state index is 12.7. The Labute approximate surface area is 403 Å². The van der Waals surface area contributed by atoms with Gasteiger partial charge in [-0.2, -0.15) is 0 Å². The molecule has 0 saturated carbocycles. The van der Waals surface area contributed by atoms with Gasteiger partial charge in [0.15, 0.2) is 0 Å². The first kappa shape index (κ1) is 64.5. The van der Waals surface area contributed by atoms with Crippen LogP contribution in [0.2, 0.25) is 0 Å². The average Bonchev–Trinajstić information content (AvgIpc) is 3.30. The summed E-state index contributed by atoms with van der Waals surface area (Å²) in [5.41, 5.74) is 0. The number of esters is 1. The average molecular weight is 947 g/mol. The lowest BCUT2D eigenvalue weighted by Gasteiger charge is -2.20. The Hall–Kier alpha value is -0.540. The van der Waals surface area contributed by atoms with E-state index < -0.39 is 33.2 Å². The lowest BCUT2D eigenvalue weighted by atomic mass is 10.0. The molecule has 10 heteroatoms. The Bertz CT molecular complexity index is 985. The molecule has 0 aliphatic carbocycles. The summed E-state index contributed by atoms with van der Waals surface area (Å²) in [5, 5.41) is 18.5. The predicted molar refractivity (Wildman–Crippen MR) is 275 cm³/mol. The van der Waals surface area contributed by atoms with Gasteiger partial charge in [0.05, 0.1) is 26.4 Å². The fourth-order valence-electron chi connectivity index (χ4n) is 8.71. The van der Waals surface area contributed by atoms with Crippen LogP contribution in [0.15, 0.2) is 0 Å². The van der Waals surface area contributed by atoms with Gasteiger partial charge in [-0.3, -0.25) is 13.8 Å². The van der Waals surface area contributed by atoms with Crippen molar-refractivity contribution < 1.29 is 43.0 Å². The van der Waals surface area contributed by atoms with Crippen molar-refractivity contribution in [1.82, 2.24) is 0 Å². The zero-order valence-corrected chi connectivity index (χ0v) is 44.1. The van der Waals surface area contributed by atoms with Crippen LogP contribution < -0.4 is 0 Å². The van der Waals surface area contributed by atoms with E-state index in [9.17, 15) is 19.4 Å². The van der Waals surface area contributed by atoms with Crippen LogP contribution in [-0.4, -0.2) is 66.3 Å². The van der Waals surface area contributed by atoms with Crippen LogP contribution >= 0.6 is 7.82 Å². The number of aliphatic hydroxyl groups is 2. The minimum absolute atomic E-state index is 0.0591. The van der Waals surface area contributed by atoms with E-state index in [2.05, 4.69) is 13.8 Å². The van der Waals surface area contributed by atoms with E-state index in [1.54, 1.807) is 0 Å². The zero-order valence-electron chi connectivity index (χ0n) is 43.2. The number of hydrogen-bond donors (Lipinski definition) is 3. The Kier molecular flexibility index (Phi) is 52.4. The summed E-state index contributed by atoms with van der Waals surface area (Å²) in [6, 6.07) is 0. The molecule has 0 rings (SSSR count). The van der Waals surface area contributed by atoms with Crippen LogP contribution in [0.4, 0.5) is 0 Å². The molecule has 3 atom stereocenters. The van der Waals surface area contributed by atoms with Crippen molar-refractivity contribution in [3.05, 3.63) is 0 Å². The van der Waals surface area contributed by atoms with E-state index >= 15 is 0 Å². The van der Waals surface area contributed by atoms with Gasteiger partial charge in [-0.05, 0) is 12.8 Å². The van der Waals surface area contributed by atoms with Crippen molar-refractivity contribution in [3.8, 4) is 0 Å². The van der Waals surface area contributed by atoms with Crippen molar-refractivity contribution in [2.24, 2.45) is 0 Å². The standard InChI is InChI=1S/C55H111O9P/c1-3-5-7-9-11-13-15-17-19-21-23-25-26-28-30-32-34-36-38-40-42-44-46-48-61-51-54(52-63-65(59,60)62-50-53(57)49-56)64-55(58)47-45-43-41-39-37-35-33-31-29-27-24-22-20-18-16-14-12-10-8-6-4-2/h53-54,56-57H,3-52H2,1-2H3,(H,59,60). The molecule has 9 nitrogen and oxygen atoms in total. The summed E-state index contributed by atoms with van der Waals surface area (Å²) in [4.78, 5) is 22.8. The van der Waals surface area contributed by atoms with Crippen molar-refractivity contribution in [2.45, 2.75) is 315 Å². The first-order valence-corrected chi connectivity index (χ1v) is 30.0. The Morgan fingerprint density at radius 2 is 0.692 bits per heavy atom. The van der Waals surface area contributed by atoms with Crippen molar-refractivity contribution in [1.29, 1.82) is 0 Å². The van der Waals surface area contributed by atoms with E-state index in [1.807, 2.05) is 0 Å². The van der Waals surface area contributed by atoms with Crippen LogP contribution in [0.1, 0.15) is 303 Å².